The van der Waals surface area contributed by atoms with Crippen molar-refractivity contribution in [2.24, 2.45) is 0 Å². The third kappa shape index (κ3) is 6.99. The standard InChI is InChI=1S/C32H37N3O4/c1-2-18-35(28-7-3-4-8-28)21-29-19-30(24-11-9-23(22-36)10-12-24)39-32(38-29)25-13-15-27(16-14-25)34-31(37)26-6-5-17-33-20-26/h2,5-6,9-17,20,28-30,32,36H,1,3-4,7-8,18-19,21-22H2,(H,34,37)/t29-,30+,32+/m0/s1. The summed E-state index contributed by atoms with van der Waals surface area (Å²) < 4.78 is 13.1. The van der Waals surface area contributed by atoms with Gasteiger partial charge in [-0.1, -0.05) is 55.3 Å². The average Bonchev–Trinajstić information content (AvgIpc) is 3.53. The van der Waals surface area contributed by atoms with Crippen molar-refractivity contribution in [2.75, 3.05) is 18.4 Å². The first-order valence-electron chi connectivity index (χ1n) is 13.8. The van der Waals surface area contributed by atoms with Gasteiger partial charge in [-0.15, -0.1) is 6.58 Å². The Balaban J connectivity index is 1.33. The van der Waals surface area contributed by atoms with Crippen LogP contribution in [0, 0.1) is 0 Å². The number of nitrogens with one attached hydrogen (secondary N) is 1. The summed E-state index contributed by atoms with van der Waals surface area (Å²) in [6.45, 7) is 5.67. The largest absolute Gasteiger partial charge is 0.392 e. The third-order valence-electron chi connectivity index (χ3n) is 7.62. The molecule has 204 valence electrons. The fraction of sp³-hybridized carbons (Fsp3) is 0.375. The summed E-state index contributed by atoms with van der Waals surface area (Å²) in [5.74, 6) is -0.207. The van der Waals surface area contributed by atoms with E-state index in [1.54, 1.807) is 24.5 Å². The molecule has 1 aliphatic carbocycles. The SMILES string of the molecule is C=CCN(C[C@@H]1C[C@H](c2ccc(CO)cc2)O[C@H](c2ccc(NC(=O)c3cccnc3)cc2)O1)C1CCCC1. The van der Waals surface area contributed by atoms with Crippen LogP contribution in [-0.2, 0) is 16.1 Å². The van der Waals surface area contributed by atoms with Crippen LogP contribution in [0.2, 0.25) is 0 Å². The first kappa shape index (κ1) is 27.2. The molecule has 1 saturated heterocycles. The molecule has 2 aliphatic rings. The molecule has 1 saturated carbocycles. The number of carbonyl (C=O) groups excluding carboxylic acids is 1. The smallest absolute Gasteiger partial charge is 0.257 e. The van der Waals surface area contributed by atoms with Crippen molar-refractivity contribution in [3.8, 4) is 0 Å². The van der Waals surface area contributed by atoms with Crippen LogP contribution in [0.25, 0.3) is 0 Å². The monoisotopic (exact) mass is 527 g/mol. The molecule has 1 amide bonds. The van der Waals surface area contributed by atoms with Gasteiger partial charge in [-0.2, -0.15) is 0 Å². The van der Waals surface area contributed by atoms with Crippen molar-refractivity contribution in [2.45, 2.75) is 63.3 Å². The first-order chi connectivity index (χ1) is 19.1. The molecule has 0 radical (unpaired) electrons. The summed E-state index contributed by atoms with van der Waals surface area (Å²) in [6.07, 6.45) is 10.2. The molecule has 2 aromatic carbocycles. The average molecular weight is 528 g/mol. The van der Waals surface area contributed by atoms with E-state index < -0.39 is 6.29 Å². The van der Waals surface area contributed by atoms with Crippen molar-refractivity contribution in [3.05, 3.63) is 108 Å². The summed E-state index contributed by atoms with van der Waals surface area (Å²) in [5, 5.41) is 12.4. The predicted octanol–water partition coefficient (Wildman–Crippen LogP) is 5.80. The molecular weight excluding hydrogens is 490 g/mol. The summed E-state index contributed by atoms with van der Waals surface area (Å²) in [6, 6.07) is 19.6. The molecule has 1 aromatic heterocycles. The van der Waals surface area contributed by atoms with Crippen LogP contribution in [0.4, 0.5) is 5.69 Å². The Bertz CT molecular complexity index is 1210. The second-order valence-corrected chi connectivity index (χ2v) is 10.3. The van der Waals surface area contributed by atoms with Gasteiger partial charge in [0, 0.05) is 49.2 Å². The quantitative estimate of drug-likeness (QED) is 0.324. The lowest BCUT2D eigenvalue weighted by atomic mass is 9.99. The predicted molar refractivity (Wildman–Crippen MR) is 151 cm³/mol. The van der Waals surface area contributed by atoms with Crippen LogP contribution in [0.1, 0.15) is 71.5 Å². The number of pyridine rings is 1. The number of amides is 1. The topological polar surface area (TPSA) is 83.9 Å². The number of carbonyl (C=O) groups is 1. The molecule has 5 rings (SSSR count). The van der Waals surface area contributed by atoms with Crippen molar-refractivity contribution in [3.63, 3.8) is 0 Å². The van der Waals surface area contributed by atoms with Crippen LogP contribution in [0.15, 0.2) is 85.7 Å². The van der Waals surface area contributed by atoms with Gasteiger partial charge in [0.05, 0.1) is 24.4 Å². The molecule has 1 aliphatic heterocycles. The Morgan fingerprint density at radius 1 is 1.05 bits per heavy atom. The number of aliphatic hydroxyl groups excluding tert-OH is 1. The van der Waals surface area contributed by atoms with Gasteiger partial charge in [0.25, 0.3) is 5.91 Å². The number of hydrogen-bond acceptors (Lipinski definition) is 6. The molecule has 7 heteroatoms. The third-order valence-corrected chi connectivity index (χ3v) is 7.62. The minimum atomic E-state index is -0.538. The van der Waals surface area contributed by atoms with Gasteiger partial charge in [0.1, 0.15) is 0 Å². The highest BCUT2D eigenvalue weighted by molar-refractivity contribution is 6.03. The van der Waals surface area contributed by atoms with Crippen LogP contribution >= 0.6 is 0 Å². The minimum absolute atomic E-state index is 0.0156. The van der Waals surface area contributed by atoms with Gasteiger partial charge in [0.2, 0.25) is 0 Å². The minimum Gasteiger partial charge on any atom is -0.392 e. The molecular formula is C32H37N3O4. The molecule has 3 atom stereocenters. The van der Waals surface area contributed by atoms with Crippen LogP contribution in [-0.4, -0.2) is 46.1 Å². The van der Waals surface area contributed by atoms with Crippen LogP contribution < -0.4 is 5.32 Å². The van der Waals surface area contributed by atoms with E-state index in [1.165, 1.54) is 25.7 Å². The second-order valence-electron chi connectivity index (χ2n) is 10.3. The van der Waals surface area contributed by atoms with Crippen molar-refractivity contribution < 1.29 is 19.4 Å². The number of hydrogen-bond donors (Lipinski definition) is 2. The lowest BCUT2D eigenvalue weighted by molar-refractivity contribution is -0.253. The van der Waals surface area contributed by atoms with Crippen molar-refractivity contribution in [1.29, 1.82) is 0 Å². The zero-order valence-corrected chi connectivity index (χ0v) is 22.2. The Labute approximate surface area is 230 Å². The van der Waals surface area contributed by atoms with E-state index in [2.05, 4.69) is 21.8 Å². The number of benzene rings is 2. The molecule has 2 heterocycles. The molecule has 0 bridgehead atoms. The number of aliphatic hydroxyl groups is 1. The summed E-state index contributed by atoms with van der Waals surface area (Å²) in [4.78, 5) is 19.0. The number of ether oxygens (including phenoxy) is 2. The lowest BCUT2D eigenvalue weighted by Gasteiger charge is -2.39. The molecule has 2 N–H and O–H groups in total. The first-order valence-corrected chi connectivity index (χ1v) is 13.8. The van der Waals surface area contributed by atoms with Gasteiger partial charge in [-0.3, -0.25) is 14.7 Å². The molecule has 3 aromatic rings. The molecule has 0 spiro atoms. The van der Waals surface area contributed by atoms with Gasteiger partial charge in [0.15, 0.2) is 6.29 Å². The number of anilines is 1. The Morgan fingerprint density at radius 2 is 1.79 bits per heavy atom. The van der Waals surface area contributed by atoms with E-state index >= 15 is 0 Å². The molecule has 7 nitrogen and oxygen atoms in total. The number of rotatable bonds is 10. The van der Waals surface area contributed by atoms with E-state index in [-0.39, 0.29) is 24.7 Å². The van der Waals surface area contributed by atoms with Gasteiger partial charge in [-0.05, 0) is 48.2 Å². The zero-order chi connectivity index (χ0) is 27.0. The van der Waals surface area contributed by atoms with Crippen molar-refractivity contribution in [1.82, 2.24) is 9.88 Å². The lowest BCUT2D eigenvalue weighted by Crippen LogP contribution is -2.43. The van der Waals surface area contributed by atoms with E-state index in [9.17, 15) is 9.90 Å². The zero-order valence-electron chi connectivity index (χ0n) is 22.2. The Hall–Kier alpha value is -3.36. The maximum atomic E-state index is 12.5. The van der Waals surface area contributed by atoms with Crippen LogP contribution in [0.5, 0.6) is 0 Å². The second kappa shape index (κ2) is 13.1. The Kier molecular flexibility index (Phi) is 9.16. The molecule has 39 heavy (non-hydrogen) atoms. The Morgan fingerprint density at radius 3 is 2.46 bits per heavy atom. The fourth-order valence-corrected chi connectivity index (χ4v) is 5.53. The summed E-state index contributed by atoms with van der Waals surface area (Å²) in [7, 11) is 0. The number of aromatic nitrogens is 1. The fourth-order valence-electron chi connectivity index (χ4n) is 5.53. The number of nitrogens with zero attached hydrogens (tertiary/aromatic N) is 2. The highest BCUT2D eigenvalue weighted by atomic mass is 16.7. The highest BCUT2D eigenvalue weighted by Crippen LogP contribution is 2.39. The van der Waals surface area contributed by atoms with Crippen molar-refractivity contribution >= 4 is 11.6 Å². The van der Waals surface area contributed by atoms with Gasteiger partial charge >= 0.3 is 0 Å². The van der Waals surface area contributed by atoms with E-state index in [1.807, 2.05) is 54.6 Å². The maximum Gasteiger partial charge on any atom is 0.257 e. The normalized spacial score (nSPS) is 21.6. The van der Waals surface area contributed by atoms with Gasteiger partial charge < -0.3 is 19.9 Å². The maximum absolute atomic E-state index is 12.5. The highest BCUT2D eigenvalue weighted by Gasteiger charge is 2.34. The molecule has 0 unspecified atom stereocenters. The summed E-state index contributed by atoms with van der Waals surface area (Å²) in [5.41, 5.74) is 4.04. The van der Waals surface area contributed by atoms with Crippen LogP contribution in [0.3, 0.4) is 0 Å². The summed E-state index contributed by atoms with van der Waals surface area (Å²) >= 11 is 0. The van der Waals surface area contributed by atoms with E-state index in [0.29, 0.717) is 17.3 Å². The van der Waals surface area contributed by atoms with Gasteiger partial charge in [-0.25, -0.2) is 0 Å². The van der Waals surface area contributed by atoms with E-state index in [0.717, 1.165) is 36.2 Å². The van der Waals surface area contributed by atoms with E-state index in [4.69, 9.17) is 9.47 Å². The molecule has 2 fully saturated rings.